The molecule has 0 spiro atoms. The molecule has 0 N–H and O–H groups in total. The van der Waals surface area contributed by atoms with E-state index in [0.29, 0.717) is 22.6 Å². The average molecular weight is 558 g/mol. The fourth-order valence-corrected chi connectivity index (χ4v) is 7.02. The molecule has 0 atom stereocenters. The molecule has 7 rings (SSSR count). The maximum atomic E-state index is 13.4. The predicted molar refractivity (Wildman–Crippen MR) is 166 cm³/mol. The number of hydrogen-bond acceptors (Lipinski definition) is 4. The van der Waals surface area contributed by atoms with E-state index in [2.05, 4.69) is 54.3 Å². The van der Waals surface area contributed by atoms with E-state index in [0.717, 1.165) is 37.4 Å². The number of nitrogens with zero attached hydrogens (tertiary/aromatic N) is 1. The van der Waals surface area contributed by atoms with Crippen LogP contribution in [-0.4, -0.2) is 11.6 Å². The smallest absolute Gasteiger partial charge is 0.174 e. The fraction of sp³-hybridized carbons (Fsp3) is 0.0857. The molecule has 0 saturated heterocycles. The van der Waals surface area contributed by atoms with Gasteiger partial charge in [-0.3, -0.25) is 9.59 Å². The molecular formula is C35H24ClNO2S. The van der Waals surface area contributed by atoms with E-state index in [1.165, 1.54) is 10.9 Å². The van der Waals surface area contributed by atoms with Gasteiger partial charge in [-0.25, -0.2) is 0 Å². The van der Waals surface area contributed by atoms with Crippen LogP contribution in [0.1, 0.15) is 31.2 Å². The van der Waals surface area contributed by atoms with Gasteiger partial charge in [0.15, 0.2) is 11.6 Å². The molecule has 1 aliphatic rings. The maximum absolute atomic E-state index is 13.4. The van der Waals surface area contributed by atoms with Gasteiger partial charge in [0.1, 0.15) is 5.00 Å². The number of carbonyl (C=O) groups is 2. The largest absolute Gasteiger partial charge is 0.301 e. The molecule has 5 heteroatoms. The van der Waals surface area contributed by atoms with Crippen LogP contribution in [-0.2, 0) is 6.42 Å². The third-order valence-corrected chi connectivity index (χ3v) is 9.08. The maximum Gasteiger partial charge on any atom is 0.174 e. The van der Waals surface area contributed by atoms with E-state index in [1.807, 2.05) is 66.7 Å². The number of fused-ring (bicyclic) bond motifs is 3. The number of carbonyl (C=O) groups excluding carboxylic acids is 2. The van der Waals surface area contributed by atoms with Crippen molar-refractivity contribution >= 4 is 72.4 Å². The molecule has 1 aliphatic carbocycles. The van der Waals surface area contributed by atoms with E-state index >= 15 is 0 Å². The van der Waals surface area contributed by atoms with Crippen molar-refractivity contribution in [1.82, 2.24) is 0 Å². The molecule has 6 aromatic rings. The predicted octanol–water partition coefficient (Wildman–Crippen LogP) is 9.72. The van der Waals surface area contributed by atoms with Crippen LogP contribution < -0.4 is 4.90 Å². The van der Waals surface area contributed by atoms with Crippen LogP contribution in [0.3, 0.4) is 0 Å². The Labute approximate surface area is 241 Å². The lowest BCUT2D eigenvalue weighted by atomic mass is 9.99. The Kier molecular flexibility index (Phi) is 6.03. The zero-order valence-electron chi connectivity index (χ0n) is 21.7. The first kappa shape index (κ1) is 24.8. The minimum atomic E-state index is -0.696. The highest BCUT2D eigenvalue weighted by Gasteiger charge is 2.39. The summed E-state index contributed by atoms with van der Waals surface area (Å²) in [5.41, 5.74) is 4.28. The fourth-order valence-electron chi connectivity index (χ4n) is 5.75. The molecule has 0 radical (unpaired) electrons. The Bertz CT molecular complexity index is 1920. The summed E-state index contributed by atoms with van der Waals surface area (Å²) in [7, 11) is 0. The molecule has 0 unspecified atom stereocenters. The third kappa shape index (κ3) is 4.12. The summed E-state index contributed by atoms with van der Waals surface area (Å²) in [5.74, 6) is -0.869. The van der Waals surface area contributed by atoms with Gasteiger partial charge in [0.2, 0.25) is 0 Å². The molecule has 0 fully saturated rings. The molecule has 1 aromatic heterocycles. The van der Waals surface area contributed by atoms with Crippen LogP contribution in [0.15, 0.2) is 109 Å². The number of hydrogen-bond donors (Lipinski definition) is 0. The summed E-state index contributed by atoms with van der Waals surface area (Å²) in [4.78, 5) is 30.0. The third-order valence-electron chi connectivity index (χ3n) is 7.75. The summed E-state index contributed by atoms with van der Waals surface area (Å²) in [6.07, 6.45) is 0.380. The van der Waals surface area contributed by atoms with Gasteiger partial charge in [-0.1, -0.05) is 72.3 Å². The number of Topliss-reactive ketones (excluding diaryl/α,β-unsaturated/α-hetero) is 2. The minimum absolute atomic E-state index is 0.0862. The van der Waals surface area contributed by atoms with Crippen LogP contribution >= 0.6 is 22.9 Å². The van der Waals surface area contributed by atoms with Crippen molar-refractivity contribution in [2.24, 2.45) is 5.92 Å². The van der Waals surface area contributed by atoms with Crippen molar-refractivity contribution in [1.29, 1.82) is 0 Å². The number of aryl methyl sites for hydroxylation is 1. The number of anilines is 3. The Morgan fingerprint density at radius 1 is 0.725 bits per heavy atom. The standard InChI is InChI=1S/C35H24ClNO2S/c1-21-13-15-32(28-12-5-4-11-27(21)28)37(25-10-6-9-24(36)19-25)33-16-14-26(40-33)20-31-34(38)29-17-22-7-2-3-8-23(22)18-30(29)35(31)39/h2-19,31H,20H2,1H3. The van der Waals surface area contributed by atoms with E-state index < -0.39 is 5.92 Å². The first-order valence-electron chi connectivity index (χ1n) is 13.2. The molecule has 0 bridgehead atoms. The van der Waals surface area contributed by atoms with Crippen molar-refractivity contribution in [3.8, 4) is 0 Å². The lowest BCUT2D eigenvalue weighted by Crippen LogP contribution is -2.17. The van der Waals surface area contributed by atoms with Crippen molar-refractivity contribution in [2.75, 3.05) is 4.90 Å². The highest BCUT2D eigenvalue weighted by Crippen LogP contribution is 2.44. The zero-order valence-corrected chi connectivity index (χ0v) is 23.3. The average Bonchev–Trinajstić information content (AvgIpc) is 3.52. The first-order valence-corrected chi connectivity index (χ1v) is 14.4. The van der Waals surface area contributed by atoms with Crippen molar-refractivity contribution < 1.29 is 9.59 Å². The quantitative estimate of drug-likeness (QED) is 0.198. The Hall–Kier alpha value is -4.25. The molecule has 0 amide bonds. The summed E-state index contributed by atoms with van der Waals surface area (Å²) in [6, 6.07) is 36.2. The van der Waals surface area contributed by atoms with Crippen molar-refractivity contribution in [3.05, 3.63) is 136 Å². The number of rotatable bonds is 5. The van der Waals surface area contributed by atoms with Crippen molar-refractivity contribution in [3.63, 3.8) is 0 Å². The SMILES string of the molecule is Cc1ccc(N(c2cccc(Cl)c2)c2ccc(CC3C(=O)c4cc5ccccc5cc4C3=O)s2)c2ccccc12. The molecule has 194 valence electrons. The first-order chi connectivity index (χ1) is 19.5. The molecule has 1 heterocycles. The topological polar surface area (TPSA) is 37.4 Å². The summed E-state index contributed by atoms with van der Waals surface area (Å²) in [5, 5.41) is 5.93. The number of ketones is 2. The van der Waals surface area contributed by atoms with Gasteiger partial charge in [-0.2, -0.15) is 0 Å². The van der Waals surface area contributed by atoms with Crippen LogP contribution in [0, 0.1) is 12.8 Å². The van der Waals surface area contributed by atoms with E-state index in [9.17, 15) is 9.59 Å². The van der Waals surface area contributed by atoms with E-state index in [1.54, 1.807) is 11.3 Å². The molecule has 40 heavy (non-hydrogen) atoms. The van der Waals surface area contributed by atoms with Crippen LogP contribution in [0.5, 0.6) is 0 Å². The minimum Gasteiger partial charge on any atom is -0.301 e. The van der Waals surface area contributed by atoms with E-state index in [4.69, 9.17) is 11.6 Å². The summed E-state index contributed by atoms with van der Waals surface area (Å²) in [6.45, 7) is 2.12. The van der Waals surface area contributed by atoms with Gasteiger partial charge in [0.05, 0.1) is 11.6 Å². The number of halogens is 1. The second-order valence-electron chi connectivity index (χ2n) is 10.2. The number of thiophene rings is 1. The normalized spacial score (nSPS) is 13.3. The van der Waals surface area contributed by atoms with Crippen LogP contribution in [0.2, 0.25) is 5.02 Å². The molecule has 5 aromatic carbocycles. The van der Waals surface area contributed by atoms with Gasteiger partial charge in [-0.15, -0.1) is 11.3 Å². The van der Waals surface area contributed by atoms with Crippen molar-refractivity contribution in [2.45, 2.75) is 13.3 Å². The highest BCUT2D eigenvalue weighted by molar-refractivity contribution is 7.16. The zero-order chi connectivity index (χ0) is 27.4. The second-order valence-corrected chi connectivity index (χ2v) is 11.8. The monoisotopic (exact) mass is 557 g/mol. The lowest BCUT2D eigenvalue weighted by molar-refractivity contribution is 0.0839. The summed E-state index contributed by atoms with van der Waals surface area (Å²) >= 11 is 8.04. The van der Waals surface area contributed by atoms with Gasteiger partial charge < -0.3 is 4.90 Å². The Balaban J connectivity index is 1.27. The second kappa shape index (κ2) is 9.74. The van der Waals surface area contributed by atoms with Crippen LogP contribution in [0.4, 0.5) is 16.4 Å². The Morgan fingerprint density at radius 3 is 2.10 bits per heavy atom. The van der Waals surface area contributed by atoms with Crippen LogP contribution in [0.25, 0.3) is 21.5 Å². The Morgan fingerprint density at radius 2 is 1.40 bits per heavy atom. The molecule has 0 saturated carbocycles. The van der Waals surface area contributed by atoms with Gasteiger partial charge in [0.25, 0.3) is 0 Å². The van der Waals surface area contributed by atoms with Gasteiger partial charge >= 0.3 is 0 Å². The number of benzene rings is 5. The lowest BCUT2D eigenvalue weighted by Gasteiger charge is -2.26. The highest BCUT2D eigenvalue weighted by atomic mass is 35.5. The van der Waals surface area contributed by atoms with E-state index in [-0.39, 0.29) is 11.6 Å². The van der Waals surface area contributed by atoms with Gasteiger partial charge in [0, 0.05) is 32.1 Å². The molecule has 0 aliphatic heterocycles. The molecular weight excluding hydrogens is 534 g/mol. The summed E-state index contributed by atoms with van der Waals surface area (Å²) < 4.78 is 0. The van der Waals surface area contributed by atoms with Gasteiger partial charge in [-0.05, 0) is 83.6 Å². The molecule has 3 nitrogen and oxygen atoms in total.